The van der Waals surface area contributed by atoms with Gasteiger partial charge in [0, 0.05) is 17.5 Å². The molecule has 0 spiro atoms. The molecule has 0 unspecified atom stereocenters. The van der Waals surface area contributed by atoms with E-state index >= 15 is 0 Å². The number of non-ortho nitro benzene ring substituents is 2. The highest BCUT2D eigenvalue weighted by atomic mass is 16.6. The molecule has 0 saturated carbocycles. The van der Waals surface area contributed by atoms with Gasteiger partial charge >= 0.3 is 5.97 Å². The van der Waals surface area contributed by atoms with Crippen LogP contribution in [0.1, 0.15) is 45.0 Å². The second kappa shape index (κ2) is 5.70. The van der Waals surface area contributed by atoms with Crippen molar-refractivity contribution in [2.24, 2.45) is 5.41 Å². The monoisotopic (exact) mass is 310 g/mol. The largest absolute Gasteiger partial charge is 0.456 e. The van der Waals surface area contributed by atoms with E-state index in [1.54, 1.807) is 13.8 Å². The lowest BCUT2D eigenvalue weighted by Crippen LogP contribution is -2.41. The SMILES string of the molecule is CC(C)(C)C(C)(C)OC(=O)c1cc([N+](=O)[O-])cc([N+](=O)[O-])c1. The first kappa shape index (κ1) is 17.5. The van der Waals surface area contributed by atoms with Crippen molar-refractivity contribution in [1.29, 1.82) is 0 Å². The number of carbonyl (C=O) groups excluding carboxylic acids is 1. The number of rotatable bonds is 4. The number of nitro groups is 2. The van der Waals surface area contributed by atoms with Gasteiger partial charge in [-0.3, -0.25) is 20.2 Å². The van der Waals surface area contributed by atoms with Crippen molar-refractivity contribution in [1.82, 2.24) is 0 Å². The van der Waals surface area contributed by atoms with Crippen molar-refractivity contribution in [3.63, 3.8) is 0 Å². The Bertz CT molecular complexity index is 598. The van der Waals surface area contributed by atoms with Gasteiger partial charge in [0.25, 0.3) is 11.4 Å². The van der Waals surface area contributed by atoms with Crippen LogP contribution in [-0.2, 0) is 4.74 Å². The Kier molecular flexibility index (Phi) is 4.55. The predicted molar refractivity (Wildman–Crippen MR) is 78.7 cm³/mol. The molecular weight excluding hydrogens is 292 g/mol. The number of nitro benzene ring substituents is 2. The molecule has 0 atom stereocenters. The summed E-state index contributed by atoms with van der Waals surface area (Å²) in [6, 6.07) is 2.73. The Morgan fingerprint density at radius 1 is 0.955 bits per heavy atom. The van der Waals surface area contributed by atoms with E-state index in [0.29, 0.717) is 0 Å². The van der Waals surface area contributed by atoms with Crippen LogP contribution < -0.4 is 0 Å². The molecule has 0 heterocycles. The number of benzene rings is 1. The van der Waals surface area contributed by atoms with Crippen LogP contribution in [0.15, 0.2) is 18.2 Å². The molecule has 8 heteroatoms. The number of hydrogen-bond donors (Lipinski definition) is 0. The van der Waals surface area contributed by atoms with Crippen LogP contribution >= 0.6 is 0 Å². The molecule has 120 valence electrons. The quantitative estimate of drug-likeness (QED) is 0.478. The summed E-state index contributed by atoms with van der Waals surface area (Å²) in [6.45, 7) is 9.02. The van der Waals surface area contributed by atoms with Crippen LogP contribution in [0.25, 0.3) is 0 Å². The molecule has 0 bridgehead atoms. The summed E-state index contributed by atoms with van der Waals surface area (Å²) in [5.74, 6) is -0.841. The molecule has 0 aliphatic heterocycles. The van der Waals surface area contributed by atoms with E-state index in [0.717, 1.165) is 18.2 Å². The van der Waals surface area contributed by atoms with Gasteiger partial charge in [0.05, 0.1) is 21.5 Å². The lowest BCUT2D eigenvalue weighted by atomic mass is 9.79. The number of nitrogens with zero attached hydrogens (tertiary/aromatic N) is 2. The standard InChI is InChI=1S/C14H18N2O6/c1-13(2,3)14(4,5)22-12(17)9-6-10(15(18)19)8-11(7-9)16(20)21/h6-8H,1-5H3. The maximum absolute atomic E-state index is 12.2. The van der Waals surface area contributed by atoms with Crippen LogP contribution in [0, 0.1) is 25.6 Å². The summed E-state index contributed by atoms with van der Waals surface area (Å²) in [5, 5.41) is 21.7. The predicted octanol–water partition coefficient (Wildman–Crippen LogP) is 3.48. The third-order valence-electron chi connectivity index (χ3n) is 3.71. The third kappa shape index (κ3) is 3.78. The minimum absolute atomic E-state index is 0.224. The molecule has 0 saturated heterocycles. The molecule has 0 N–H and O–H groups in total. The van der Waals surface area contributed by atoms with Gasteiger partial charge < -0.3 is 4.74 Å². The fraction of sp³-hybridized carbons (Fsp3) is 0.500. The van der Waals surface area contributed by atoms with Crippen LogP contribution in [-0.4, -0.2) is 21.4 Å². The highest BCUT2D eigenvalue weighted by Crippen LogP contribution is 2.34. The fourth-order valence-electron chi connectivity index (χ4n) is 1.37. The number of hydrogen-bond acceptors (Lipinski definition) is 6. The van der Waals surface area contributed by atoms with E-state index in [9.17, 15) is 25.0 Å². The van der Waals surface area contributed by atoms with Crippen LogP contribution in [0.3, 0.4) is 0 Å². The van der Waals surface area contributed by atoms with Gasteiger partial charge in [-0.15, -0.1) is 0 Å². The summed E-state index contributed by atoms with van der Waals surface area (Å²) >= 11 is 0. The van der Waals surface area contributed by atoms with Crippen molar-refractivity contribution >= 4 is 17.3 Å². The fourth-order valence-corrected chi connectivity index (χ4v) is 1.37. The minimum atomic E-state index is -0.858. The van der Waals surface area contributed by atoms with Gasteiger partial charge in [0.1, 0.15) is 5.60 Å². The van der Waals surface area contributed by atoms with Crippen LogP contribution in [0.5, 0.6) is 0 Å². The van der Waals surface area contributed by atoms with Crippen LogP contribution in [0.2, 0.25) is 0 Å². The van der Waals surface area contributed by atoms with Crippen molar-refractivity contribution < 1.29 is 19.4 Å². The summed E-state index contributed by atoms with van der Waals surface area (Å²) in [4.78, 5) is 32.3. The first-order valence-electron chi connectivity index (χ1n) is 6.52. The van der Waals surface area contributed by atoms with E-state index in [1.165, 1.54) is 0 Å². The Balaban J connectivity index is 3.23. The second-order valence-electron chi connectivity index (χ2n) is 6.40. The molecule has 0 radical (unpaired) electrons. The normalized spacial score (nSPS) is 11.9. The topological polar surface area (TPSA) is 113 Å². The second-order valence-corrected chi connectivity index (χ2v) is 6.40. The molecule has 0 aromatic heterocycles. The van der Waals surface area contributed by atoms with Crippen molar-refractivity contribution in [3.05, 3.63) is 44.0 Å². The Hall–Kier alpha value is -2.51. The van der Waals surface area contributed by atoms with Gasteiger partial charge in [-0.25, -0.2) is 4.79 Å². The van der Waals surface area contributed by atoms with Gasteiger partial charge in [0.2, 0.25) is 0 Å². The average Bonchev–Trinajstić information content (AvgIpc) is 2.36. The number of carbonyl (C=O) groups is 1. The number of esters is 1. The lowest BCUT2D eigenvalue weighted by molar-refractivity contribution is -0.394. The van der Waals surface area contributed by atoms with Gasteiger partial charge in [-0.05, 0) is 13.8 Å². The zero-order chi connectivity index (χ0) is 17.3. The Morgan fingerprint density at radius 2 is 1.36 bits per heavy atom. The molecule has 1 rings (SSSR count). The average molecular weight is 310 g/mol. The van der Waals surface area contributed by atoms with Gasteiger partial charge in [-0.2, -0.15) is 0 Å². The van der Waals surface area contributed by atoms with Crippen molar-refractivity contribution in [2.45, 2.75) is 40.2 Å². The van der Waals surface area contributed by atoms with E-state index in [-0.39, 0.29) is 11.0 Å². The summed E-state index contributed by atoms with van der Waals surface area (Å²) in [6.07, 6.45) is 0. The zero-order valence-electron chi connectivity index (χ0n) is 13.1. The minimum Gasteiger partial charge on any atom is -0.456 e. The van der Waals surface area contributed by atoms with Crippen molar-refractivity contribution in [3.8, 4) is 0 Å². The highest BCUT2D eigenvalue weighted by Gasteiger charge is 2.37. The smallest absolute Gasteiger partial charge is 0.339 e. The van der Waals surface area contributed by atoms with Crippen molar-refractivity contribution in [2.75, 3.05) is 0 Å². The molecular formula is C14H18N2O6. The lowest BCUT2D eigenvalue weighted by Gasteiger charge is -2.37. The molecule has 1 aromatic rings. The Labute approximate surface area is 127 Å². The van der Waals surface area contributed by atoms with E-state index in [1.807, 2.05) is 20.8 Å². The molecule has 22 heavy (non-hydrogen) atoms. The van der Waals surface area contributed by atoms with E-state index < -0.39 is 32.8 Å². The third-order valence-corrected chi connectivity index (χ3v) is 3.71. The first-order chi connectivity index (χ1) is 9.85. The molecule has 0 aliphatic carbocycles. The maximum Gasteiger partial charge on any atom is 0.339 e. The van der Waals surface area contributed by atoms with E-state index in [4.69, 9.17) is 4.74 Å². The summed E-state index contributed by atoms with van der Waals surface area (Å²) in [5.41, 5.74) is -2.53. The summed E-state index contributed by atoms with van der Waals surface area (Å²) < 4.78 is 5.37. The Morgan fingerprint density at radius 3 is 1.68 bits per heavy atom. The van der Waals surface area contributed by atoms with Gasteiger partial charge in [0.15, 0.2) is 0 Å². The molecule has 8 nitrogen and oxygen atoms in total. The van der Waals surface area contributed by atoms with E-state index in [2.05, 4.69) is 0 Å². The zero-order valence-corrected chi connectivity index (χ0v) is 13.1. The molecule has 0 fully saturated rings. The molecule has 0 aliphatic rings. The van der Waals surface area contributed by atoms with Crippen LogP contribution in [0.4, 0.5) is 11.4 Å². The maximum atomic E-state index is 12.2. The first-order valence-corrected chi connectivity index (χ1v) is 6.52. The summed E-state index contributed by atoms with van der Waals surface area (Å²) in [7, 11) is 0. The molecule has 0 amide bonds. The number of ether oxygens (including phenoxy) is 1. The van der Waals surface area contributed by atoms with Gasteiger partial charge in [-0.1, -0.05) is 20.8 Å². The highest BCUT2D eigenvalue weighted by molar-refractivity contribution is 5.91. The molecule has 1 aromatic carbocycles.